The third-order valence-electron chi connectivity index (χ3n) is 1.90. The minimum Gasteiger partial charge on any atom is -0.327 e. The van der Waals surface area contributed by atoms with Gasteiger partial charge in [0.25, 0.3) is 0 Å². The molecule has 1 nitrogen and oxygen atoms in total. The molecule has 72 valence electrons. The van der Waals surface area contributed by atoms with Crippen LogP contribution in [0.4, 0.5) is 0 Å². The van der Waals surface area contributed by atoms with Gasteiger partial charge in [-0.25, -0.2) is 0 Å². The first-order valence-electron chi connectivity index (χ1n) is 4.58. The van der Waals surface area contributed by atoms with Gasteiger partial charge in [-0.3, -0.25) is 0 Å². The molecule has 0 fully saturated rings. The topological polar surface area (TPSA) is 26.0 Å². The zero-order valence-corrected chi connectivity index (χ0v) is 9.10. The van der Waals surface area contributed by atoms with E-state index in [0.29, 0.717) is 6.04 Å². The van der Waals surface area contributed by atoms with Gasteiger partial charge < -0.3 is 5.73 Å². The molecule has 0 bridgehead atoms. The average Bonchev–Trinajstić information content (AvgIpc) is 2.08. The molecule has 2 heteroatoms. The molecule has 1 atom stereocenters. The van der Waals surface area contributed by atoms with Crippen LogP contribution in [0.2, 0.25) is 0 Å². The molecular weight excluding hydrogens is 178 g/mol. The van der Waals surface area contributed by atoms with Gasteiger partial charge in [0, 0.05) is 17.5 Å². The Kier molecular flexibility index (Phi) is 4.33. The molecule has 13 heavy (non-hydrogen) atoms. The van der Waals surface area contributed by atoms with Crippen LogP contribution in [0.25, 0.3) is 0 Å². The summed E-state index contributed by atoms with van der Waals surface area (Å²) in [5, 5.41) is 0. The van der Waals surface area contributed by atoms with E-state index in [4.69, 9.17) is 5.73 Å². The van der Waals surface area contributed by atoms with Crippen molar-refractivity contribution in [1.29, 1.82) is 0 Å². The van der Waals surface area contributed by atoms with Crippen LogP contribution in [0, 0.1) is 6.92 Å². The Morgan fingerprint density at radius 3 is 2.69 bits per heavy atom. The number of nitrogens with two attached hydrogens (primary N) is 1. The molecule has 2 N–H and O–H groups in total. The van der Waals surface area contributed by atoms with Crippen LogP contribution < -0.4 is 5.73 Å². The van der Waals surface area contributed by atoms with Gasteiger partial charge in [-0.2, -0.15) is 11.8 Å². The Bertz CT molecular complexity index is 258. The van der Waals surface area contributed by atoms with Gasteiger partial charge in [-0.1, -0.05) is 24.3 Å². The lowest BCUT2D eigenvalue weighted by Crippen LogP contribution is -2.17. The van der Waals surface area contributed by atoms with E-state index in [1.807, 2.05) is 18.7 Å². The van der Waals surface area contributed by atoms with Gasteiger partial charge in [-0.05, 0) is 25.0 Å². The van der Waals surface area contributed by atoms with Crippen LogP contribution in [0.1, 0.15) is 18.1 Å². The number of aryl methyl sites for hydroxylation is 1. The fourth-order valence-corrected chi connectivity index (χ4v) is 2.16. The fraction of sp³-hybridized carbons (Fsp3) is 0.455. The van der Waals surface area contributed by atoms with Gasteiger partial charge in [0.15, 0.2) is 0 Å². The molecule has 1 aromatic carbocycles. The Morgan fingerprint density at radius 1 is 1.38 bits per heavy atom. The quantitative estimate of drug-likeness (QED) is 0.799. The third-order valence-corrected chi connectivity index (χ3v) is 3.18. The van der Waals surface area contributed by atoms with Crippen LogP contribution in [-0.2, 0) is 5.75 Å². The SMILES string of the molecule is Cc1ccccc1CSC[C@H](C)N. The van der Waals surface area contributed by atoms with E-state index in [9.17, 15) is 0 Å². The predicted molar refractivity (Wildman–Crippen MR) is 61.0 cm³/mol. The lowest BCUT2D eigenvalue weighted by molar-refractivity contribution is 0.847. The molecule has 0 aliphatic heterocycles. The molecule has 0 radical (unpaired) electrons. The van der Waals surface area contributed by atoms with Gasteiger partial charge in [-0.15, -0.1) is 0 Å². The largest absolute Gasteiger partial charge is 0.327 e. The van der Waals surface area contributed by atoms with Crippen molar-refractivity contribution < 1.29 is 0 Å². The molecule has 0 spiro atoms. The molecule has 0 saturated carbocycles. The molecule has 0 aromatic heterocycles. The number of thioether (sulfide) groups is 1. The summed E-state index contributed by atoms with van der Waals surface area (Å²) in [6.07, 6.45) is 0. The number of rotatable bonds is 4. The average molecular weight is 195 g/mol. The highest BCUT2D eigenvalue weighted by Gasteiger charge is 1.98. The van der Waals surface area contributed by atoms with Crippen molar-refractivity contribution in [3.63, 3.8) is 0 Å². The van der Waals surface area contributed by atoms with Crippen molar-refractivity contribution >= 4 is 11.8 Å². The second kappa shape index (κ2) is 5.30. The summed E-state index contributed by atoms with van der Waals surface area (Å²) in [5.41, 5.74) is 8.47. The molecule has 0 aliphatic rings. The molecule has 0 aliphatic carbocycles. The van der Waals surface area contributed by atoms with Crippen molar-refractivity contribution in [2.75, 3.05) is 5.75 Å². The van der Waals surface area contributed by atoms with Gasteiger partial charge >= 0.3 is 0 Å². The molecule has 0 unspecified atom stereocenters. The summed E-state index contributed by atoms with van der Waals surface area (Å²) in [6, 6.07) is 8.81. The first-order valence-corrected chi connectivity index (χ1v) is 5.73. The Morgan fingerprint density at radius 2 is 2.08 bits per heavy atom. The first-order chi connectivity index (χ1) is 6.20. The Labute approximate surface area is 84.7 Å². The molecule has 1 aromatic rings. The van der Waals surface area contributed by atoms with Crippen LogP contribution in [0.5, 0.6) is 0 Å². The minimum atomic E-state index is 0.300. The summed E-state index contributed by atoms with van der Waals surface area (Å²) in [6.45, 7) is 4.20. The summed E-state index contributed by atoms with van der Waals surface area (Å²) >= 11 is 1.90. The highest BCUT2D eigenvalue weighted by molar-refractivity contribution is 7.98. The van der Waals surface area contributed by atoms with Crippen molar-refractivity contribution in [2.45, 2.75) is 25.6 Å². The third kappa shape index (κ3) is 3.83. The monoisotopic (exact) mass is 195 g/mol. The molecule has 1 rings (SSSR count). The maximum Gasteiger partial charge on any atom is 0.0187 e. The molecule has 0 heterocycles. The van der Waals surface area contributed by atoms with Crippen molar-refractivity contribution in [3.05, 3.63) is 35.4 Å². The normalized spacial score (nSPS) is 12.8. The first kappa shape index (κ1) is 10.6. The zero-order valence-electron chi connectivity index (χ0n) is 8.29. The van der Waals surface area contributed by atoms with Gasteiger partial charge in [0.05, 0.1) is 0 Å². The highest BCUT2D eigenvalue weighted by Crippen LogP contribution is 2.15. The lowest BCUT2D eigenvalue weighted by atomic mass is 10.1. The number of hydrogen-bond donors (Lipinski definition) is 1. The summed E-state index contributed by atoms with van der Waals surface area (Å²) < 4.78 is 0. The maximum absolute atomic E-state index is 5.67. The van der Waals surface area contributed by atoms with Crippen molar-refractivity contribution in [3.8, 4) is 0 Å². The van der Waals surface area contributed by atoms with Crippen LogP contribution >= 0.6 is 11.8 Å². The summed E-state index contributed by atoms with van der Waals surface area (Å²) in [7, 11) is 0. The Hall–Kier alpha value is -0.470. The van der Waals surface area contributed by atoms with Crippen LogP contribution in [0.15, 0.2) is 24.3 Å². The van der Waals surface area contributed by atoms with E-state index in [2.05, 4.69) is 31.2 Å². The highest BCUT2D eigenvalue weighted by atomic mass is 32.2. The van der Waals surface area contributed by atoms with E-state index in [-0.39, 0.29) is 0 Å². The van der Waals surface area contributed by atoms with E-state index in [1.165, 1.54) is 11.1 Å². The second-order valence-electron chi connectivity index (χ2n) is 3.42. The van der Waals surface area contributed by atoms with E-state index in [1.54, 1.807) is 0 Å². The standard InChI is InChI=1S/C11H17NS/c1-9-5-3-4-6-11(9)8-13-7-10(2)12/h3-6,10H,7-8,12H2,1-2H3/t10-/m0/s1. The molecule has 0 saturated heterocycles. The summed E-state index contributed by atoms with van der Waals surface area (Å²) in [5.74, 6) is 2.11. The molecular formula is C11H17NS. The number of hydrogen-bond acceptors (Lipinski definition) is 2. The zero-order chi connectivity index (χ0) is 9.68. The fourth-order valence-electron chi connectivity index (χ4n) is 1.13. The maximum atomic E-state index is 5.67. The lowest BCUT2D eigenvalue weighted by Gasteiger charge is -2.06. The van der Waals surface area contributed by atoms with Gasteiger partial charge in [0.1, 0.15) is 0 Å². The van der Waals surface area contributed by atoms with Gasteiger partial charge in [0.2, 0.25) is 0 Å². The summed E-state index contributed by atoms with van der Waals surface area (Å²) in [4.78, 5) is 0. The van der Waals surface area contributed by atoms with E-state index >= 15 is 0 Å². The Balaban J connectivity index is 2.41. The van der Waals surface area contributed by atoms with Crippen LogP contribution in [-0.4, -0.2) is 11.8 Å². The smallest absolute Gasteiger partial charge is 0.0187 e. The molecule has 0 amide bonds. The van der Waals surface area contributed by atoms with E-state index in [0.717, 1.165) is 11.5 Å². The van der Waals surface area contributed by atoms with Crippen molar-refractivity contribution in [1.82, 2.24) is 0 Å². The van der Waals surface area contributed by atoms with E-state index < -0.39 is 0 Å². The van der Waals surface area contributed by atoms with Crippen molar-refractivity contribution in [2.24, 2.45) is 5.73 Å². The predicted octanol–water partition coefficient (Wildman–Crippen LogP) is 2.58. The minimum absolute atomic E-state index is 0.300. The van der Waals surface area contributed by atoms with Crippen LogP contribution in [0.3, 0.4) is 0 Å². The number of benzene rings is 1. The second-order valence-corrected chi connectivity index (χ2v) is 4.45.